The van der Waals surface area contributed by atoms with Crippen molar-refractivity contribution in [2.75, 3.05) is 19.6 Å². The van der Waals surface area contributed by atoms with E-state index in [0.717, 1.165) is 44.5 Å². The predicted octanol–water partition coefficient (Wildman–Crippen LogP) is 2.64. The third-order valence-electron chi connectivity index (χ3n) is 4.99. The van der Waals surface area contributed by atoms with Gasteiger partial charge in [0.1, 0.15) is 12.9 Å². The maximum Gasteiger partial charge on any atom is 0.191 e. The Morgan fingerprint density at radius 2 is 2.04 bits per heavy atom. The topological polar surface area (TPSA) is 70.4 Å². The predicted molar refractivity (Wildman–Crippen MR) is 124 cm³/mol. The van der Waals surface area contributed by atoms with Gasteiger partial charge in [-0.15, -0.1) is 34.2 Å². The number of rotatable bonds is 8. The third-order valence-corrected chi connectivity index (χ3v) is 4.99. The standard InChI is InChI=1S/C20H31N7.HI/c1-3-21-20(23-14-19-25-24-16-26(19)4-2)22-13-18-11-8-12-27(18)15-17-9-6-5-7-10-17;/h5-7,9-10,16,18H,3-4,8,11-15H2,1-2H3,(H2,21,22,23);1H. The molecule has 0 saturated carbocycles. The summed E-state index contributed by atoms with van der Waals surface area (Å²) >= 11 is 0. The highest BCUT2D eigenvalue weighted by Gasteiger charge is 2.24. The van der Waals surface area contributed by atoms with Crippen molar-refractivity contribution in [2.45, 2.75) is 52.4 Å². The zero-order valence-corrected chi connectivity index (χ0v) is 19.2. The van der Waals surface area contributed by atoms with Gasteiger partial charge in [-0.25, -0.2) is 4.99 Å². The first-order valence-electron chi connectivity index (χ1n) is 9.97. The minimum absolute atomic E-state index is 0. The van der Waals surface area contributed by atoms with Gasteiger partial charge in [0.2, 0.25) is 0 Å². The molecule has 8 heteroatoms. The van der Waals surface area contributed by atoms with Gasteiger partial charge in [0.15, 0.2) is 11.8 Å². The molecule has 154 valence electrons. The number of likely N-dealkylation sites (tertiary alicyclic amines) is 1. The molecule has 1 aromatic carbocycles. The Morgan fingerprint density at radius 1 is 1.21 bits per heavy atom. The SMILES string of the molecule is CCNC(=NCc1nncn1CC)NCC1CCCN1Cc1ccccc1.I. The van der Waals surface area contributed by atoms with Crippen molar-refractivity contribution in [1.82, 2.24) is 30.3 Å². The maximum absolute atomic E-state index is 4.69. The molecule has 0 amide bonds. The van der Waals surface area contributed by atoms with Crippen molar-refractivity contribution < 1.29 is 0 Å². The summed E-state index contributed by atoms with van der Waals surface area (Å²) in [6.45, 7) is 9.48. The Bertz CT molecular complexity index is 716. The summed E-state index contributed by atoms with van der Waals surface area (Å²) in [5.41, 5.74) is 1.38. The minimum Gasteiger partial charge on any atom is -0.357 e. The van der Waals surface area contributed by atoms with E-state index >= 15 is 0 Å². The average molecular weight is 497 g/mol. The molecule has 2 aromatic rings. The van der Waals surface area contributed by atoms with Gasteiger partial charge in [-0.2, -0.15) is 0 Å². The van der Waals surface area contributed by atoms with Crippen LogP contribution in [0, 0.1) is 0 Å². The van der Waals surface area contributed by atoms with Crippen LogP contribution in [0.1, 0.15) is 38.1 Å². The van der Waals surface area contributed by atoms with E-state index in [0.29, 0.717) is 12.6 Å². The van der Waals surface area contributed by atoms with Crippen molar-refractivity contribution in [2.24, 2.45) is 4.99 Å². The lowest BCUT2D eigenvalue weighted by molar-refractivity contribution is 0.245. The number of benzene rings is 1. The van der Waals surface area contributed by atoms with Crippen LogP contribution in [-0.2, 0) is 19.6 Å². The van der Waals surface area contributed by atoms with Gasteiger partial charge in [-0.1, -0.05) is 30.3 Å². The lowest BCUT2D eigenvalue weighted by Crippen LogP contribution is -2.44. The largest absolute Gasteiger partial charge is 0.357 e. The molecule has 2 N–H and O–H groups in total. The number of nitrogens with one attached hydrogen (secondary N) is 2. The van der Waals surface area contributed by atoms with E-state index in [-0.39, 0.29) is 24.0 Å². The normalized spacial score (nSPS) is 17.4. The zero-order chi connectivity index (χ0) is 18.9. The molecule has 1 atom stereocenters. The van der Waals surface area contributed by atoms with Gasteiger partial charge in [0.05, 0.1) is 0 Å². The first kappa shape index (κ1) is 22.6. The van der Waals surface area contributed by atoms with E-state index in [1.54, 1.807) is 6.33 Å². The van der Waals surface area contributed by atoms with Crippen molar-refractivity contribution in [1.29, 1.82) is 0 Å². The number of aromatic nitrogens is 3. The number of hydrogen-bond acceptors (Lipinski definition) is 4. The lowest BCUT2D eigenvalue weighted by atomic mass is 10.2. The molecule has 7 nitrogen and oxygen atoms in total. The van der Waals surface area contributed by atoms with Crippen LogP contribution >= 0.6 is 24.0 Å². The van der Waals surface area contributed by atoms with Gasteiger partial charge in [-0.05, 0) is 38.8 Å². The van der Waals surface area contributed by atoms with Crippen LogP contribution in [-0.4, -0.2) is 51.3 Å². The highest BCUT2D eigenvalue weighted by molar-refractivity contribution is 14.0. The second-order valence-electron chi connectivity index (χ2n) is 6.86. The fraction of sp³-hybridized carbons (Fsp3) is 0.550. The highest BCUT2D eigenvalue weighted by atomic mass is 127. The molecule has 1 aliphatic heterocycles. The molecule has 0 radical (unpaired) electrons. The Kier molecular flexibility index (Phi) is 9.69. The molecule has 1 unspecified atom stereocenters. The molecule has 0 spiro atoms. The maximum atomic E-state index is 4.69. The average Bonchev–Trinajstić information content (AvgIpc) is 3.33. The van der Waals surface area contributed by atoms with Crippen molar-refractivity contribution in [3.05, 3.63) is 48.0 Å². The first-order valence-corrected chi connectivity index (χ1v) is 9.97. The van der Waals surface area contributed by atoms with Gasteiger partial charge in [0.25, 0.3) is 0 Å². The number of aliphatic imine (C=N–C) groups is 1. The van der Waals surface area contributed by atoms with Crippen LogP contribution in [0.25, 0.3) is 0 Å². The Hall–Kier alpha value is -1.68. The van der Waals surface area contributed by atoms with Crippen molar-refractivity contribution in [3.63, 3.8) is 0 Å². The highest BCUT2D eigenvalue weighted by Crippen LogP contribution is 2.19. The number of hydrogen-bond donors (Lipinski definition) is 2. The first-order chi connectivity index (χ1) is 13.3. The van der Waals surface area contributed by atoms with E-state index in [1.807, 2.05) is 4.57 Å². The Balaban J connectivity index is 0.00000280. The summed E-state index contributed by atoms with van der Waals surface area (Å²) in [5.74, 6) is 1.73. The molecule has 1 fully saturated rings. The van der Waals surface area contributed by atoms with E-state index < -0.39 is 0 Å². The van der Waals surface area contributed by atoms with E-state index in [4.69, 9.17) is 0 Å². The molecule has 0 aliphatic carbocycles. The van der Waals surface area contributed by atoms with Crippen LogP contribution in [0.4, 0.5) is 0 Å². The number of aryl methyl sites for hydroxylation is 1. The lowest BCUT2D eigenvalue weighted by Gasteiger charge is -2.25. The molecule has 28 heavy (non-hydrogen) atoms. The zero-order valence-electron chi connectivity index (χ0n) is 16.8. The quantitative estimate of drug-likeness (QED) is 0.334. The van der Waals surface area contributed by atoms with Gasteiger partial charge < -0.3 is 15.2 Å². The molecule has 1 aliphatic rings. The monoisotopic (exact) mass is 497 g/mol. The number of nitrogens with zero attached hydrogens (tertiary/aromatic N) is 5. The Morgan fingerprint density at radius 3 is 2.79 bits per heavy atom. The van der Waals surface area contributed by atoms with Crippen LogP contribution in [0.2, 0.25) is 0 Å². The van der Waals surface area contributed by atoms with Crippen molar-refractivity contribution in [3.8, 4) is 0 Å². The van der Waals surface area contributed by atoms with Crippen LogP contribution in [0.5, 0.6) is 0 Å². The molecule has 2 heterocycles. The Labute approximate surface area is 185 Å². The second-order valence-corrected chi connectivity index (χ2v) is 6.86. The summed E-state index contributed by atoms with van der Waals surface area (Å²) in [6.07, 6.45) is 4.24. The van der Waals surface area contributed by atoms with E-state index in [9.17, 15) is 0 Å². The second kappa shape index (κ2) is 12.0. The molecule has 0 bridgehead atoms. The fourth-order valence-electron chi connectivity index (χ4n) is 3.52. The smallest absolute Gasteiger partial charge is 0.191 e. The minimum atomic E-state index is 0. The van der Waals surface area contributed by atoms with Crippen LogP contribution < -0.4 is 10.6 Å². The number of halogens is 1. The summed E-state index contributed by atoms with van der Waals surface area (Å²) in [6, 6.07) is 11.3. The molecule has 1 aromatic heterocycles. The summed E-state index contributed by atoms with van der Waals surface area (Å²) in [5, 5.41) is 15.0. The van der Waals surface area contributed by atoms with E-state index in [2.05, 4.69) is 74.9 Å². The molecule has 3 rings (SSSR count). The van der Waals surface area contributed by atoms with E-state index in [1.165, 1.54) is 18.4 Å². The van der Waals surface area contributed by atoms with Gasteiger partial charge in [0, 0.05) is 32.2 Å². The fourth-order valence-corrected chi connectivity index (χ4v) is 3.52. The van der Waals surface area contributed by atoms with Crippen LogP contribution in [0.15, 0.2) is 41.7 Å². The molecular weight excluding hydrogens is 465 g/mol. The third kappa shape index (κ3) is 6.44. The number of guanidine groups is 1. The molecule has 1 saturated heterocycles. The summed E-state index contributed by atoms with van der Waals surface area (Å²) in [7, 11) is 0. The van der Waals surface area contributed by atoms with Crippen molar-refractivity contribution >= 4 is 29.9 Å². The molecular formula is C20H32IN7. The summed E-state index contributed by atoms with van der Waals surface area (Å²) < 4.78 is 2.02. The summed E-state index contributed by atoms with van der Waals surface area (Å²) in [4.78, 5) is 7.26. The van der Waals surface area contributed by atoms with Crippen LogP contribution in [0.3, 0.4) is 0 Å². The van der Waals surface area contributed by atoms with Gasteiger partial charge in [-0.3, -0.25) is 4.90 Å². The van der Waals surface area contributed by atoms with Gasteiger partial charge >= 0.3 is 0 Å².